The van der Waals surface area contributed by atoms with Crippen LogP contribution in [0.4, 0.5) is 11.4 Å². The minimum atomic E-state index is -0.421. The minimum absolute atomic E-state index is 0.0103. The lowest BCUT2D eigenvalue weighted by Gasteiger charge is -2.36. The van der Waals surface area contributed by atoms with Crippen molar-refractivity contribution in [2.75, 3.05) is 30.5 Å². The Labute approximate surface area is 205 Å². The van der Waals surface area contributed by atoms with E-state index in [1.54, 1.807) is 12.1 Å². The van der Waals surface area contributed by atoms with Crippen molar-refractivity contribution in [3.05, 3.63) is 83.9 Å². The topological polar surface area (TPSA) is 79.9 Å². The molecule has 0 saturated carbocycles. The van der Waals surface area contributed by atoms with Gasteiger partial charge in [0, 0.05) is 23.4 Å². The van der Waals surface area contributed by atoms with E-state index in [2.05, 4.69) is 15.5 Å². The van der Waals surface area contributed by atoms with Crippen LogP contribution in [0.5, 0.6) is 11.5 Å². The molecule has 180 valence electrons. The first kappa shape index (κ1) is 22.9. The van der Waals surface area contributed by atoms with Gasteiger partial charge in [-0.15, -0.1) is 0 Å². The molecule has 2 heterocycles. The molecular formula is C28H29N3O4. The van der Waals surface area contributed by atoms with Gasteiger partial charge in [0.15, 0.2) is 11.5 Å². The van der Waals surface area contributed by atoms with Gasteiger partial charge in [-0.05, 0) is 62.7 Å². The first-order chi connectivity index (χ1) is 17.1. The van der Waals surface area contributed by atoms with E-state index in [0.717, 1.165) is 16.8 Å². The fourth-order valence-electron chi connectivity index (χ4n) is 4.65. The summed E-state index contributed by atoms with van der Waals surface area (Å²) in [5.41, 5.74) is 3.56. The number of nitrogens with zero attached hydrogens (tertiary/aromatic N) is 1. The maximum absolute atomic E-state index is 13.4. The Morgan fingerprint density at radius 1 is 0.857 bits per heavy atom. The summed E-state index contributed by atoms with van der Waals surface area (Å²) in [5, 5.41) is 6.07. The molecule has 1 saturated heterocycles. The number of hydrogen-bond acceptors (Lipinski definition) is 5. The maximum atomic E-state index is 13.4. The van der Waals surface area contributed by atoms with Crippen molar-refractivity contribution >= 4 is 23.2 Å². The molecule has 3 aromatic carbocycles. The van der Waals surface area contributed by atoms with Crippen LogP contribution in [-0.2, 0) is 9.59 Å². The number of amides is 2. The molecule has 0 radical (unpaired) electrons. The highest BCUT2D eigenvalue weighted by molar-refractivity contribution is 5.96. The van der Waals surface area contributed by atoms with Gasteiger partial charge in [-0.2, -0.15) is 0 Å². The predicted molar refractivity (Wildman–Crippen MR) is 134 cm³/mol. The average molecular weight is 472 g/mol. The monoisotopic (exact) mass is 471 g/mol. The summed E-state index contributed by atoms with van der Waals surface area (Å²) in [6.07, 6.45) is 1.36. The van der Waals surface area contributed by atoms with E-state index < -0.39 is 6.04 Å². The van der Waals surface area contributed by atoms with E-state index in [1.165, 1.54) is 0 Å². The van der Waals surface area contributed by atoms with Crippen molar-refractivity contribution in [3.63, 3.8) is 0 Å². The predicted octanol–water partition coefficient (Wildman–Crippen LogP) is 4.75. The molecule has 5 rings (SSSR count). The number of rotatable bonds is 6. The molecule has 2 N–H and O–H groups in total. The Morgan fingerprint density at radius 2 is 1.54 bits per heavy atom. The molecule has 0 bridgehead atoms. The Kier molecular flexibility index (Phi) is 6.68. The lowest BCUT2D eigenvalue weighted by molar-refractivity contribution is -0.124. The van der Waals surface area contributed by atoms with Gasteiger partial charge in [0.2, 0.25) is 18.6 Å². The summed E-state index contributed by atoms with van der Waals surface area (Å²) >= 11 is 0. The van der Waals surface area contributed by atoms with E-state index in [-0.39, 0.29) is 24.5 Å². The van der Waals surface area contributed by atoms with Crippen molar-refractivity contribution in [3.8, 4) is 11.5 Å². The molecule has 1 fully saturated rings. The number of hydrogen-bond donors (Lipinski definition) is 2. The molecule has 2 aliphatic heterocycles. The van der Waals surface area contributed by atoms with E-state index in [9.17, 15) is 9.59 Å². The number of fused-ring (bicyclic) bond motifs is 1. The van der Waals surface area contributed by atoms with Gasteiger partial charge in [0.25, 0.3) is 0 Å². The number of carbonyl (C=O) groups is 2. The van der Waals surface area contributed by atoms with Crippen LogP contribution in [0.2, 0.25) is 0 Å². The highest BCUT2D eigenvalue weighted by atomic mass is 16.7. The SMILES string of the molecule is Cc1ccc(NC(=O)C(c2ccccc2)N2CCC(C(=O)Nc3ccc4c(c3)OCO4)CC2)cc1. The van der Waals surface area contributed by atoms with Crippen LogP contribution in [0.3, 0.4) is 0 Å². The highest BCUT2D eigenvalue weighted by Gasteiger charge is 2.33. The maximum Gasteiger partial charge on any atom is 0.246 e. The summed E-state index contributed by atoms with van der Waals surface area (Å²) in [6, 6.07) is 22.6. The molecule has 2 amide bonds. The lowest BCUT2D eigenvalue weighted by atomic mass is 9.93. The molecule has 7 heteroatoms. The smallest absolute Gasteiger partial charge is 0.246 e. The summed E-state index contributed by atoms with van der Waals surface area (Å²) in [5.74, 6) is 1.13. The molecule has 1 unspecified atom stereocenters. The number of anilines is 2. The number of likely N-dealkylation sites (tertiary alicyclic amines) is 1. The van der Waals surface area contributed by atoms with Gasteiger partial charge in [-0.3, -0.25) is 14.5 Å². The van der Waals surface area contributed by atoms with Crippen molar-refractivity contribution in [1.82, 2.24) is 4.90 Å². The van der Waals surface area contributed by atoms with Gasteiger partial charge in [0.1, 0.15) is 6.04 Å². The molecule has 2 aliphatic rings. The van der Waals surface area contributed by atoms with Crippen molar-refractivity contribution in [1.29, 1.82) is 0 Å². The van der Waals surface area contributed by atoms with Crippen LogP contribution in [0.15, 0.2) is 72.8 Å². The standard InChI is InChI=1S/C28H29N3O4/c1-19-7-9-22(10-8-19)29-28(33)26(20-5-3-2-4-6-20)31-15-13-21(14-16-31)27(32)30-23-11-12-24-25(17-23)35-18-34-24/h2-12,17,21,26H,13-16,18H2,1H3,(H,29,33)(H,30,32). The third-order valence-corrected chi connectivity index (χ3v) is 6.59. The van der Waals surface area contributed by atoms with Crippen molar-refractivity contribution in [2.24, 2.45) is 5.92 Å². The normalized spacial score (nSPS) is 16.5. The molecule has 0 aromatic heterocycles. The first-order valence-electron chi connectivity index (χ1n) is 11.9. The molecule has 0 spiro atoms. The first-order valence-corrected chi connectivity index (χ1v) is 11.9. The zero-order chi connectivity index (χ0) is 24.2. The van der Waals surface area contributed by atoms with Gasteiger partial charge in [-0.25, -0.2) is 0 Å². The fraction of sp³-hybridized carbons (Fsp3) is 0.286. The van der Waals surface area contributed by atoms with E-state index >= 15 is 0 Å². The van der Waals surface area contributed by atoms with Gasteiger partial charge < -0.3 is 20.1 Å². The lowest BCUT2D eigenvalue weighted by Crippen LogP contribution is -2.44. The zero-order valence-corrected chi connectivity index (χ0v) is 19.7. The number of carbonyl (C=O) groups excluding carboxylic acids is 2. The Hall–Kier alpha value is -3.84. The van der Waals surface area contributed by atoms with Gasteiger partial charge >= 0.3 is 0 Å². The molecule has 1 atom stereocenters. The quantitative estimate of drug-likeness (QED) is 0.542. The fourth-order valence-corrected chi connectivity index (χ4v) is 4.65. The van der Waals surface area contributed by atoms with Crippen LogP contribution < -0.4 is 20.1 Å². The van der Waals surface area contributed by atoms with Crippen molar-refractivity contribution in [2.45, 2.75) is 25.8 Å². The molecule has 7 nitrogen and oxygen atoms in total. The van der Waals surface area contributed by atoms with Crippen LogP contribution >= 0.6 is 0 Å². The highest BCUT2D eigenvalue weighted by Crippen LogP contribution is 2.35. The summed E-state index contributed by atoms with van der Waals surface area (Å²) < 4.78 is 10.7. The van der Waals surface area contributed by atoms with E-state index in [4.69, 9.17) is 9.47 Å². The third kappa shape index (κ3) is 5.30. The van der Waals surface area contributed by atoms with Crippen LogP contribution in [0.1, 0.15) is 30.0 Å². The number of aryl methyl sites for hydroxylation is 1. The molecule has 0 aliphatic carbocycles. The number of ether oxygens (including phenoxy) is 2. The van der Waals surface area contributed by atoms with E-state index in [1.807, 2.05) is 67.6 Å². The van der Waals surface area contributed by atoms with Crippen LogP contribution in [0.25, 0.3) is 0 Å². The largest absolute Gasteiger partial charge is 0.454 e. The molecular weight excluding hydrogens is 442 g/mol. The number of nitrogens with one attached hydrogen (secondary N) is 2. The molecule has 3 aromatic rings. The summed E-state index contributed by atoms with van der Waals surface area (Å²) in [4.78, 5) is 28.5. The second kappa shape index (κ2) is 10.2. The Balaban J connectivity index is 1.24. The second-order valence-electron chi connectivity index (χ2n) is 9.04. The van der Waals surface area contributed by atoms with Gasteiger partial charge in [0.05, 0.1) is 0 Å². The zero-order valence-electron chi connectivity index (χ0n) is 19.7. The summed E-state index contributed by atoms with van der Waals surface area (Å²) in [6.45, 7) is 3.52. The summed E-state index contributed by atoms with van der Waals surface area (Å²) in [7, 11) is 0. The second-order valence-corrected chi connectivity index (χ2v) is 9.04. The minimum Gasteiger partial charge on any atom is -0.454 e. The number of benzene rings is 3. The Morgan fingerprint density at radius 3 is 2.29 bits per heavy atom. The van der Waals surface area contributed by atoms with Crippen LogP contribution in [-0.4, -0.2) is 36.6 Å². The van der Waals surface area contributed by atoms with E-state index in [0.29, 0.717) is 43.1 Å². The third-order valence-electron chi connectivity index (χ3n) is 6.59. The van der Waals surface area contributed by atoms with Crippen LogP contribution in [0, 0.1) is 12.8 Å². The number of piperidine rings is 1. The van der Waals surface area contributed by atoms with Crippen molar-refractivity contribution < 1.29 is 19.1 Å². The Bertz CT molecular complexity index is 1190. The van der Waals surface area contributed by atoms with Gasteiger partial charge in [-0.1, -0.05) is 48.0 Å². The molecule has 35 heavy (non-hydrogen) atoms. The average Bonchev–Trinajstić information content (AvgIpc) is 3.35.